The molecule has 2 saturated heterocycles. The zero-order valence-corrected chi connectivity index (χ0v) is 19.7. The van der Waals surface area contributed by atoms with E-state index in [1.165, 1.54) is 12.1 Å². The van der Waals surface area contributed by atoms with Gasteiger partial charge in [-0.15, -0.1) is 0 Å². The van der Waals surface area contributed by atoms with Crippen molar-refractivity contribution in [1.82, 2.24) is 10.3 Å². The number of hydrogen-bond donors (Lipinski definition) is 3. The minimum absolute atomic E-state index is 0.0332. The summed E-state index contributed by atoms with van der Waals surface area (Å²) < 4.78 is 0.480. The maximum atomic E-state index is 12.9. The zero-order valence-electron chi connectivity index (χ0n) is 18.1. The Morgan fingerprint density at radius 1 is 1.03 bits per heavy atom. The van der Waals surface area contributed by atoms with Crippen molar-refractivity contribution in [3.05, 3.63) is 51.6 Å². The van der Waals surface area contributed by atoms with Gasteiger partial charge in [0.1, 0.15) is 5.82 Å². The number of piperidine rings is 1. The summed E-state index contributed by atoms with van der Waals surface area (Å²) in [6.45, 7) is 0. The molecule has 1 saturated carbocycles. The van der Waals surface area contributed by atoms with Crippen molar-refractivity contribution in [2.24, 2.45) is 11.7 Å². The first-order chi connectivity index (χ1) is 15.8. The molecule has 0 spiro atoms. The SMILES string of the molecule is NC(=O)c1cc(Br)c(C(=O)NC2CC3CCC(C2)N3c2ccc(C(=O)C3CC3)cn2)cc1N. The number of nitrogens with one attached hydrogen (secondary N) is 1. The fourth-order valence-electron chi connectivity index (χ4n) is 5.18. The lowest BCUT2D eigenvalue weighted by Crippen LogP contribution is -2.50. The van der Waals surface area contributed by atoms with Crippen LogP contribution in [0.15, 0.2) is 34.9 Å². The van der Waals surface area contributed by atoms with Crippen LogP contribution in [0.5, 0.6) is 0 Å². The lowest BCUT2D eigenvalue weighted by atomic mass is 9.96. The number of aromatic nitrogens is 1. The molecule has 1 aromatic carbocycles. The van der Waals surface area contributed by atoms with Crippen LogP contribution in [0.4, 0.5) is 11.5 Å². The van der Waals surface area contributed by atoms with E-state index in [4.69, 9.17) is 11.5 Å². The van der Waals surface area contributed by atoms with E-state index < -0.39 is 5.91 Å². The van der Waals surface area contributed by atoms with Crippen molar-refractivity contribution in [3.63, 3.8) is 0 Å². The predicted molar refractivity (Wildman–Crippen MR) is 128 cm³/mol. The van der Waals surface area contributed by atoms with Gasteiger partial charge in [-0.1, -0.05) is 0 Å². The quantitative estimate of drug-likeness (QED) is 0.403. The van der Waals surface area contributed by atoms with Crippen molar-refractivity contribution in [3.8, 4) is 0 Å². The number of carbonyl (C=O) groups excluding carboxylic acids is 3. The third kappa shape index (κ3) is 4.21. The minimum atomic E-state index is -0.636. The molecule has 5 N–H and O–H groups in total. The van der Waals surface area contributed by atoms with Gasteiger partial charge >= 0.3 is 0 Å². The number of anilines is 2. The molecule has 3 heterocycles. The van der Waals surface area contributed by atoms with Crippen LogP contribution < -0.4 is 21.7 Å². The average Bonchev–Trinajstić information content (AvgIpc) is 3.60. The summed E-state index contributed by atoms with van der Waals surface area (Å²) in [5.41, 5.74) is 12.7. The number of nitrogens with zero attached hydrogens (tertiary/aromatic N) is 2. The molecule has 2 bridgehead atoms. The number of Topliss-reactive ketones (excluding diaryl/α,β-unsaturated/α-hetero) is 1. The molecule has 2 amide bonds. The summed E-state index contributed by atoms with van der Waals surface area (Å²) in [5, 5.41) is 3.14. The number of benzene rings is 1. The first-order valence-electron chi connectivity index (χ1n) is 11.3. The number of nitrogens with two attached hydrogens (primary N) is 2. The van der Waals surface area contributed by atoms with Gasteiger partial charge in [-0.25, -0.2) is 4.98 Å². The molecule has 33 heavy (non-hydrogen) atoms. The maximum Gasteiger partial charge on any atom is 0.252 e. The lowest BCUT2D eigenvalue weighted by molar-refractivity contribution is 0.0923. The fourth-order valence-corrected chi connectivity index (χ4v) is 5.70. The average molecular weight is 512 g/mol. The van der Waals surface area contributed by atoms with Gasteiger partial charge in [0.2, 0.25) is 0 Å². The van der Waals surface area contributed by atoms with Gasteiger partial charge < -0.3 is 21.7 Å². The van der Waals surface area contributed by atoms with Crippen molar-refractivity contribution < 1.29 is 14.4 Å². The molecule has 2 atom stereocenters. The first kappa shape index (κ1) is 21.9. The third-order valence-electron chi connectivity index (χ3n) is 6.96. The topological polar surface area (TPSA) is 131 Å². The fraction of sp³-hybridized carbons (Fsp3) is 0.417. The van der Waals surface area contributed by atoms with Gasteiger partial charge in [0.25, 0.3) is 11.8 Å². The smallest absolute Gasteiger partial charge is 0.252 e. The molecule has 1 aliphatic carbocycles. The Balaban J connectivity index is 1.26. The predicted octanol–water partition coefficient (Wildman–Crippen LogP) is 3.05. The number of carbonyl (C=O) groups is 3. The molecule has 5 rings (SSSR count). The molecule has 8 nitrogen and oxygen atoms in total. The number of hydrogen-bond acceptors (Lipinski definition) is 6. The first-order valence-corrected chi connectivity index (χ1v) is 12.1. The number of pyridine rings is 1. The second kappa shape index (κ2) is 8.44. The van der Waals surface area contributed by atoms with Gasteiger partial charge in [-0.05, 0) is 78.7 Å². The van der Waals surface area contributed by atoms with Crippen molar-refractivity contribution >= 4 is 45.0 Å². The Morgan fingerprint density at radius 2 is 1.73 bits per heavy atom. The largest absolute Gasteiger partial charge is 0.398 e. The molecule has 9 heteroatoms. The van der Waals surface area contributed by atoms with Gasteiger partial charge in [0.05, 0.1) is 11.1 Å². The van der Waals surface area contributed by atoms with Crippen LogP contribution >= 0.6 is 15.9 Å². The van der Waals surface area contributed by atoms with Gasteiger partial charge in [0, 0.05) is 46.0 Å². The van der Waals surface area contributed by atoms with E-state index in [0.717, 1.165) is 44.3 Å². The third-order valence-corrected chi connectivity index (χ3v) is 7.62. The molecule has 0 radical (unpaired) electrons. The van der Waals surface area contributed by atoms with Crippen LogP contribution in [-0.4, -0.2) is 40.7 Å². The van der Waals surface area contributed by atoms with Gasteiger partial charge in [-0.2, -0.15) is 0 Å². The molecule has 2 aliphatic heterocycles. The highest BCUT2D eigenvalue weighted by molar-refractivity contribution is 9.10. The Kier molecular flexibility index (Phi) is 5.60. The molecule has 2 unspecified atom stereocenters. The lowest BCUT2D eigenvalue weighted by Gasteiger charge is -2.40. The van der Waals surface area contributed by atoms with E-state index in [9.17, 15) is 14.4 Å². The highest BCUT2D eigenvalue weighted by atomic mass is 79.9. The molecule has 1 aromatic heterocycles. The van der Waals surface area contributed by atoms with Crippen LogP contribution in [0.2, 0.25) is 0 Å². The highest BCUT2D eigenvalue weighted by Crippen LogP contribution is 2.39. The number of amides is 2. The Bertz CT molecular complexity index is 1120. The number of rotatable bonds is 6. The van der Waals surface area contributed by atoms with E-state index in [2.05, 4.69) is 31.1 Å². The zero-order chi connectivity index (χ0) is 23.3. The van der Waals surface area contributed by atoms with E-state index in [1.807, 2.05) is 12.1 Å². The number of fused-ring (bicyclic) bond motifs is 2. The molecular formula is C24H26BrN5O3. The maximum absolute atomic E-state index is 12.9. The summed E-state index contributed by atoms with van der Waals surface area (Å²) in [7, 11) is 0. The van der Waals surface area contributed by atoms with Crippen molar-refractivity contribution in [2.75, 3.05) is 10.6 Å². The van der Waals surface area contributed by atoms with E-state index in [0.29, 0.717) is 15.6 Å². The summed E-state index contributed by atoms with van der Waals surface area (Å²) in [6.07, 6.45) is 7.42. The van der Waals surface area contributed by atoms with Crippen LogP contribution in [0.3, 0.4) is 0 Å². The Labute approximate surface area is 200 Å². The summed E-state index contributed by atoms with van der Waals surface area (Å²) in [5.74, 6) is 0.424. The normalized spacial score (nSPS) is 23.9. The number of ketones is 1. The van der Waals surface area contributed by atoms with E-state index in [1.54, 1.807) is 6.20 Å². The number of halogens is 1. The molecule has 3 fully saturated rings. The second-order valence-corrected chi connectivity index (χ2v) is 10.1. The van der Waals surface area contributed by atoms with Crippen molar-refractivity contribution in [1.29, 1.82) is 0 Å². The van der Waals surface area contributed by atoms with Crippen LogP contribution in [0.25, 0.3) is 0 Å². The van der Waals surface area contributed by atoms with Crippen LogP contribution in [-0.2, 0) is 0 Å². The summed E-state index contributed by atoms with van der Waals surface area (Å²) >= 11 is 3.36. The van der Waals surface area contributed by atoms with Crippen molar-refractivity contribution in [2.45, 2.75) is 56.7 Å². The Morgan fingerprint density at radius 3 is 2.30 bits per heavy atom. The molecular weight excluding hydrogens is 486 g/mol. The number of nitrogen functional groups attached to an aromatic ring is 1. The van der Waals surface area contributed by atoms with Gasteiger partial charge in [0.15, 0.2) is 5.78 Å². The highest BCUT2D eigenvalue weighted by Gasteiger charge is 2.42. The Hall–Kier alpha value is -2.94. The summed E-state index contributed by atoms with van der Waals surface area (Å²) in [6, 6.07) is 7.44. The summed E-state index contributed by atoms with van der Waals surface area (Å²) in [4.78, 5) is 43.7. The van der Waals surface area contributed by atoms with Crippen LogP contribution in [0.1, 0.15) is 69.6 Å². The van der Waals surface area contributed by atoms with Gasteiger partial charge in [-0.3, -0.25) is 14.4 Å². The standard InChI is InChI=1S/C24H26BrN5O3/c25-19-9-18(23(27)32)20(26)10-17(19)24(33)29-14-7-15-4-5-16(8-14)30(15)21-6-3-13(11-28-21)22(31)12-1-2-12/h3,6,9-12,14-16H,1-2,4-5,7-8,26H2,(H2,27,32)(H,29,33). The molecule has 2 aromatic rings. The van der Waals surface area contributed by atoms with Crippen LogP contribution in [0, 0.1) is 5.92 Å². The molecule has 172 valence electrons. The van der Waals surface area contributed by atoms with E-state index in [-0.39, 0.29) is 47.0 Å². The second-order valence-electron chi connectivity index (χ2n) is 9.26. The van der Waals surface area contributed by atoms with E-state index >= 15 is 0 Å². The number of primary amides is 1. The molecule has 3 aliphatic rings. The monoisotopic (exact) mass is 511 g/mol. The minimum Gasteiger partial charge on any atom is -0.398 e.